The number of hydrogen-bond acceptors (Lipinski definition) is 5. The van der Waals surface area contributed by atoms with E-state index in [-0.39, 0.29) is 11.4 Å². The second kappa shape index (κ2) is 7.31. The number of nitrogens with zero attached hydrogens (tertiary/aromatic N) is 2. The van der Waals surface area contributed by atoms with E-state index >= 15 is 0 Å². The van der Waals surface area contributed by atoms with E-state index in [4.69, 9.17) is 9.15 Å². The number of methoxy groups -OCH3 is 1. The molecule has 0 aliphatic rings. The molecule has 0 saturated heterocycles. The van der Waals surface area contributed by atoms with Gasteiger partial charge in [0.15, 0.2) is 0 Å². The van der Waals surface area contributed by atoms with Crippen molar-refractivity contribution in [3.63, 3.8) is 0 Å². The number of rotatable bonds is 6. The Balaban J connectivity index is 1.76. The fourth-order valence-electron chi connectivity index (χ4n) is 2.45. The summed E-state index contributed by atoms with van der Waals surface area (Å²) in [4.78, 5) is 4.64. The number of aromatic nitrogens is 1. The predicted octanol–water partition coefficient (Wildman–Crippen LogP) is 3.48. The zero-order chi connectivity index (χ0) is 18.7. The van der Waals surface area contributed by atoms with Crippen LogP contribution < -0.4 is 4.74 Å². The summed E-state index contributed by atoms with van der Waals surface area (Å²) in [6, 6.07) is 14.1. The quantitative estimate of drug-likeness (QED) is 0.662. The molecule has 136 valence electrons. The number of oxazole rings is 1. The molecule has 2 aromatic carbocycles. The van der Waals surface area contributed by atoms with Crippen LogP contribution >= 0.6 is 0 Å². The second-order valence-electron chi connectivity index (χ2n) is 5.95. The highest BCUT2D eigenvalue weighted by Crippen LogP contribution is 2.23. The summed E-state index contributed by atoms with van der Waals surface area (Å²) >= 11 is 0. The van der Waals surface area contributed by atoms with Gasteiger partial charge in [-0.3, -0.25) is 0 Å². The molecule has 0 saturated carbocycles. The lowest BCUT2D eigenvalue weighted by atomic mass is 10.2. The van der Waals surface area contributed by atoms with Crippen LogP contribution in [0, 0.1) is 6.92 Å². The molecule has 1 heterocycles. The lowest BCUT2D eigenvalue weighted by Crippen LogP contribution is -2.26. The lowest BCUT2D eigenvalue weighted by Gasteiger charge is -2.15. The first-order valence-corrected chi connectivity index (χ1v) is 9.46. The molecular weight excluding hydrogens is 352 g/mol. The monoisotopic (exact) mass is 372 g/mol. The minimum Gasteiger partial charge on any atom is -0.497 e. The molecule has 0 fully saturated rings. The van der Waals surface area contributed by atoms with Crippen LogP contribution in [0.15, 0.2) is 64.1 Å². The minimum absolute atomic E-state index is 0.121. The van der Waals surface area contributed by atoms with Crippen molar-refractivity contribution in [2.24, 2.45) is 0 Å². The number of hydrogen-bond donors (Lipinski definition) is 0. The Hall–Kier alpha value is -2.64. The van der Waals surface area contributed by atoms with Gasteiger partial charge in [0.2, 0.25) is 15.9 Å². The molecule has 3 rings (SSSR count). The molecule has 7 heteroatoms. The summed E-state index contributed by atoms with van der Waals surface area (Å²) in [5.41, 5.74) is 2.34. The van der Waals surface area contributed by atoms with Crippen LogP contribution in [-0.2, 0) is 16.6 Å². The molecule has 0 N–H and O–H groups in total. The van der Waals surface area contributed by atoms with Crippen LogP contribution in [0.4, 0.5) is 0 Å². The lowest BCUT2D eigenvalue weighted by molar-refractivity contribution is 0.415. The third-order valence-corrected chi connectivity index (χ3v) is 5.82. The first kappa shape index (κ1) is 18.2. The van der Waals surface area contributed by atoms with Gasteiger partial charge in [0.1, 0.15) is 12.0 Å². The molecule has 3 aromatic rings. The van der Waals surface area contributed by atoms with Crippen molar-refractivity contribution in [3.05, 3.63) is 66.1 Å². The van der Waals surface area contributed by atoms with Gasteiger partial charge in [0, 0.05) is 12.6 Å². The maximum absolute atomic E-state index is 12.6. The summed E-state index contributed by atoms with van der Waals surface area (Å²) in [6.07, 6.45) is 1.47. The van der Waals surface area contributed by atoms with E-state index < -0.39 is 10.0 Å². The zero-order valence-corrected chi connectivity index (χ0v) is 15.7. The largest absolute Gasteiger partial charge is 0.497 e. The van der Waals surface area contributed by atoms with Crippen LogP contribution in [0.25, 0.3) is 11.5 Å². The van der Waals surface area contributed by atoms with E-state index in [1.807, 2.05) is 31.2 Å². The highest BCUT2D eigenvalue weighted by Gasteiger charge is 2.22. The Bertz CT molecular complexity index is 977. The summed E-state index contributed by atoms with van der Waals surface area (Å²) in [5.74, 6) is 1.17. The topological polar surface area (TPSA) is 72.6 Å². The molecule has 0 aliphatic heterocycles. The zero-order valence-electron chi connectivity index (χ0n) is 14.8. The maximum atomic E-state index is 12.6. The molecule has 6 nitrogen and oxygen atoms in total. The number of aryl methyl sites for hydroxylation is 1. The molecule has 0 spiro atoms. The Labute approximate surface area is 153 Å². The van der Waals surface area contributed by atoms with Crippen LogP contribution in [0.1, 0.15) is 11.3 Å². The molecule has 0 aliphatic carbocycles. The van der Waals surface area contributed by atoms with Crippen molar-refractivity contribution in [2.75, 3.05) is 14.2 Å². The van der Waals surface area contributed by atoms with Gasteiger partial charge in [0.05, 0.1) is 24.2 Å². The van der Waals surface area contributed by atoms with Crippen molar-refractivity contribution < 1.29 is 17.6 Å². The van der Waals surface area contributed by atoms with Gasteiger partial charge in [-0.05, 0) is 43.3 Å². The Kier molecular flexibility index (Phi) is 5.11. The summed E-state index contributed by atoms with van der Waals surface area (Å²) < 4.78 is 37.2. The van der Waals surface area contributed by atoms with Crippen LogP contribution in [0.5, 0.6) is 5.75 Å². The first-order valence-electron chi connectivity index (χ1n) is 8.02. The fourth-order valence-corrected chi connectivity index (χ4v) is 3.59. The number of ether oxygens (including phenoxy) is 1. The molecule has 1 aromatic heterocycles. The Morgan fingerprint density at radius 3 is 2.35 bits per heavy atom. The van der Waals surface area contributed by atoms with E-state index in [1.165, 1.54) is 17.6 Å². The number of benzene rings is 2. The van der Waals surface area contributed by atoms with Gasteiger partial charge >= 0.3 is 0 Å². The van der Waals surface area contributed by atoms with Gasteiger partial charge in [-0.1, -0.05) is 17.7 Å². The van der Waals surface area contributed by atoms with E-state index in [0.717, 1.165) is 16.9 Å². The second-order valence-corrected chi connectivity index (χ2v) is 7.99. The fraction of sp³-hybridized carbons (Fsp3) is 0.211. The van der Waals surface area contributed by atoms with Gasteiger partial charge in [0.25, 0.3) is 0 Å². The standard InChI is InChI=1S/C19H20N2O4S/c1-14-4-10-18(11-5-14)26(22,23)21(2)12-16-13-25-19(20-16)15-6-8-17(24-3)9-7-15/h4-11,13H,12H2,1-3H3. The Morgan fingerprint density at radius 1 is 1.08 bits per heavy atom. The van der Waals surface area contributed by atoms with Gasteiger partial charge < -0.3 is 9.15 Å². The average Bonchev–Trinajstić information content (AvgIpc) is 3.10. The van der Waals surface area contributed by atoms with Crippen molar-refractivity contribution in [3.8, 4) is 17.2 Å². The van der Waals surface area contributed by atoms with Crippen LogP contribution in [-0.4, -0.2) is 31.9 Å². The summed E-state index contributed by atoms with van der Waals surface area (Å²) in [7, 11) is -0.459. The number of sulfonamides is 1. The van der Waals surface area contributed by atoms with E-state index in [1.54, 1.807) is 31.4 Å². The van der Waals surface area contributed by atoms with Crippen molar-refractivity contribution in [1.82, 2.24) is 9.29 Å². The smallest absolute Gasteiger partial charge is 0.243 e. The molecule has 0 bridgehead atoms. The minimum atomic E-state index is -3.58. The van der Waals surface area contributed by atoms with Crippen molar-refractivity contribution in [2.45, 2.75) is 18.4 Å². The summed E-state index contributed by atoms with van der Waals surface area (Å²) in [5, 5.41) is 0. The normalized spacial score (nSPS) is 11.7. The third-order valence-electron chi connectivity index (χ3n) is 4.00. The Morgan fingerprint density at radius 2 is 1.73 bits per heavy atom. The molecular formula is C19H20N2O4S. The molecule has 0 radical (unpaired) electrons. The van der Waals surface area contributed by atoms with Crippen molar-refractivity contribution >= 4 is 10.0 Å². The first-order chi connectivity index (χ1) is 12.4. The third kappa shape index (κ3) is 3.79. The van der Waals surface area contributed by atoms with Crippen LogP contribution in [0.2, 0.25) is 0 Å². The molecule has 0 amide bonds. The summed E-state index contributed by atoms with van der Waals surface area (Å²) in [6.45, 7) is 2.03. The van der Waals surface area contributed by atoms with Gasteiger partial charge in [-0.2, -0.15) is 4.31 Å². The van der Waals surface area contributed by atoms with Crippen LogP contribution in [0.3, 0.4) is 0 Å². The maximum Gasteiger partial charge on any atom is 0.243 e. The van der Waals surface area contributed by atoms with E-state index in [0.29, 0.717) is 11.6 Å². The molecule has 0 atom stereocenters. The van der Waals surface area contributed by atoms with Crippen molar-refractivity contribution in [1.29, 1.82) is 0 Å². The highest BCUT2D eigenvalue weighted by atomic mass is 32.2. The SMILES string of the molecule is COc1ccc(-c2nc(CN(C)S(=O)(=O)c3ccc(C)cc3)co2)cc1. The molecule has 0 unspecified atom stereocenters. The highest BCUT2D eigenvalue weighted by molar-refractivity contribution is 7.89. The van der Waals surface area contributed by atoms with Gasteiger partial charge in [-0.15, -0.1) is 0 Å². The average molecular weight is 372 g/mol. The van der Waals surface area contributed by atoms with Gasteiger partial charge in [-0.25, -0.2) is 13.4 Å². The van der Waals surface area contributed by atoms with E-state index in [2.05, 4.69) is 4.98 Å². The predicted molar refractivity (Wildman–Crippen MR) is 98.3 cm³/mol. The molecule has 26 heavy (non-hydrogen) atoms. The van der Waals surface area contributed by atoms with E-state index in [9.17, 15) is 8.42 Å².